The summed E-state index contributed by atoms with van der Waals surface area (Å²) in [6.07, 6.45) is 2.32. The van der Waals surface area contributed by atoms with E-state index in [0.717, 1.165) is 43.7 Å². The van der Waals surface area contributed by atoms with E-state index in [0.29, 0.717) is 12.6 Å². The number of nitrogens with one attached hydrogen (secondary N) is 2. The Balaban J connectivity index is 0.00000243. The van der Waals surface area contributed by atoms with Crippen molar-refractivity contribution >= 4 is 29.9 Å². The van der Waals surface area contributed by atoms with Gasteiger partial charge in [0.2, 0.25) is 0 Å². The van der Waals surface area contributed by atoms with Gasteiger partial charge in [0.1, 0.15) is 12.4 Å². The molecular formula is C17H33IN8. The lowest BCUT2D eigenvalue weighted by Crippen LogP contribution is -2.63. The van der Waals surface area contributed by atoms with Gasteiger partial charge in [-0.3, -0.25) is 9.80 Å². The predicted octanol–water partition coefficient (Wildman–Crippen LogP) is 0.577. The van der Waals surface area contributed by atoms with Gasteiger partial charge in [-0.25, -0.2) is 4.99 Å². The van der Waals surface area contributed by atoms with Crippen molar-refractivity contribution in [2.24, 2.45) is 12.0 Å². The van der Waals surface area contributed by atoms with E-state index in [1.165, 1.54) is 32.6 Å². The molecular weight excluding hydrogens is 443 g/mol. The maximum atomic E-state index is 4.73. The van der Waals surface area contributed by atoms with Gasteiger partial charge < -0.3 is 15.2 Å². The molecule has 1 unspecified atom stereocenters. The number of nitrogens with zero attached hydrogens (tertiary/aromatic N) is 6. The van der Waals surface area contributed by atoms with Gasteiger partial charge in [0.05, 0.1) is 0 Å². The molecule has 2 bridgehead atoms. The van der Waals surface area contributed by atoms with Gasteiger partial charge >= 0.3 is 0 Å². The highest BCUT2D eigenvalue weighted by Gasteiger charge is 2.31. The number of piperazine rings is 3. The van der Waals surface area contributed by atoms with Crippen molar-refractivity contribution in [3.05, 3.63) is 11.6 Å². The third-order valence-electron chi connectivity index (χ3n) is 5.28. The minimum absolute atomic E-state index is 0. The molecule has 1 atom stereocenters. The number of aliphatic imine (C=N–C) groups is 1. The molecule has 1 aromatic rings. The normalized spacial score (nSPS) is 25.0. The molecule has 2 N–H and O–H groups in total. The van der Waals surface area contributed by atoms with Gasteiger partial charge in [-0.05, 0) is 13.3 Å². The van der Waals surface area contributed by atoms with Crippen LogP contribution in [0.3, 0.4) is 0 Å². The van der Waals surface area contributed by atoms with Crippen molar-refractivity contribution in [3.8, 4) is 0 Å². The van der Waals surface area contributed by atoms with E-state index in [1.54, 1.807) is 0 Å². The molecule has 0 saturated carbocycles. The van der Waals surface area contributed by atoms with Crippen LogP contribution in [-0.2, 0) is 13.6 Å². The maximum Gasteiger partial charge on any atom is 0.191 e. The molecule has 0 aromatic carbocycles. The zero-order chi connectivity index (χ0) is 17.6. The Morgan fingerprint density at radius 3 is 2.54 bits per heavy atom. The van der Waals surface area contributed by atoms with Gasteiger partial charge in [0.15, 0.2) is 11.8 Å². The van der Waals surface area contributed by atoms with Gasteiger partial charge in [-0.1, -0.05) is 13.3 Å². The van der Waals surface area contributed by atoms with Crippen LogP contribution in [-0.4, -0.2) is 82.4 Å². The van der Waals surface area contributed by atoms with E-state index >= 15 is 0 Å². The molecule has 3 fully saturated rings. The molecule has 3 aliphatic rings. The summed E-state index contributed by atoms with van der Waals surface area (Å²) in [5.41, 5.74) is 0. The van der Waals surface area contributed by atoms with Gasteiger partial charge in [0.25, 0.3) is 0 Å². The highest BCUT2D eigenvalue weighted by atomic mass is 127. The smallest absolute Gasteiger partial charge is 0.191 e. The number of aryl methyl sites for hydroxylation is 1. The monoisotopic (exact) mass is 476 g/mol. The Hall–Kier alpha value is -0.940. The first-order chi connectivity index (χ1) is 12.2. The Morgan fingerprint density at radius 1 is 1.19 bits per heavy atom. The summed E-state index contributed by atoms with van der Waals surface area (Å²) in [5.74, 6) is 2.69. The summed E-state index contributed by atoms with van der Waals surface area (Å²) < 4.78 is 1.99. The molecule has 9 heteroatoms. The first-order valence-corrected chi connectivity index (χ1v) is 9.51. The van der Waals surface area contributed by atoms with Gasteiger partial charge in [-0.2, -0.15) is 0 Å². The van der Waals surface area contributed by atoms with E-state index in [1.807, 2.05) is 18.5 Å². The summed E-state index contributed by atoms with van der Waals surface area (Å²) in [4.78, 5) is 9.89. The van der Waals surface area contributed by atoms with E-state index in [2.05, 4.69) is 37.6 Å². The number of halogens is 1. The number of guanidine groups is 1. The highest BCUT2D eigenvalue weighted by molar-refractivity contribution is 14.0. The third-order valence-corrected chi connectivity index (χ3v) is 5.28. The van der Waals surface area contributed by atoms with Gasteiger partial charge in [0, 0.05) is 58.9 Å². The van der Waals surface area contributed by atoms with Gasteiger partial charge in [-0.15, -0.1) is 34.2 Å². The lowest BCUT2D eigenvalue weighted by molar-refractivity contribution is 0.0154. The number of aromatic nitrogens is 3. The fraction of sp³-hybridized carbons (Fsp3) is 0.824. The Kier molecular flexibility index (Phi) is 8.55. The van der Waals surface area contributed by atoms with Crippen LogP contribution in [0.5, 0.6) is 0 Å². The van der Waals surface area contributed by atoms with Crippen molar-refractivity contribution in [3.63, 3.8) is 0 Å². The van der Waals surface area contributed by atoms with Crippen LogP contribution in [0.25, 0.3) is 0 Å². The Bertz CT molecular complexity index is 579. The van der Waals surface area contributed by atoms with Crippen molar-refractivity contribution in [2.45, 2.75) is 39.3 Å². The quantitative estimate of drug-likeness (QED) is 0.260. The first-order valence-electron chi connectivity index (χ1n) is 9.51. The second-order valence-corrected chi connectivity index (χ2v) is 7.04. The molecule has 0 aliphatic carbocycles. The lowest BCUT2D eigenvalue weighted by atomic mass is 10.1. The molecule has 3 saturated heterocycles. The minimum Gasteiger partial charge on any atom is -0.356 e. The summed E-state index contributed by atoms with van der Waals surface area (Å²) >= 11 is 0. The lowest BCUT2D eigenvalue weighted by Gasteiger charge is -2.47. The Morgan fingerprint density at radius 2 is 1.96 bits per heavy atom. The number of rotatable bonds is 7. The van der Waals surface area contributed by atoms with Crippen LogP contribution in [0.2, 0.25) is 0 Å². The second kappa shape index (κ2) is 10.4. The molecule has 0 amide bonds. The fourth-order valence-corrected chi connectivity index (χ4v) is 3.43. The average molecular weight is 476 g/mol. The van der Waals surface area contributed by atoms with E-state index < -0.39 is 0 Å². The van der Waals surface area contributed by atoms with Crippen molar-refractivity contribution < 1.29 is 0 Å². The highest BCUT2D eigenvalue weighted by Crippen LogP contribution is 2.14. The minimum atomic E-state index is 0. The van der Waals surface area contributed by atoms with Crippen molar-refractivity contribution in [1.82, 2.24) is 35.2 Å². The van der Waals surface area contributed by atoms with E-state index in [9.17, 15) is 0 Å². The van der Waals surface area contributed by atoms with Crippen LogP contribution < -0.4 is 10.6 Å². The molecule has 1 aromatic heterocycles. The van der Waals surface area contributed by atoms with Crippen LogP contribution in [0.1, 0.15) is 31.4 Å². The van der Waals surface area contributed by atoms with E-state index in [4.69, 9.17) is 4.99 Å². The molecule has 3 aliphatic heterocycles. The predicted molar refractivity (Wildman–Crippen MR) is 115 cm³/mol. The van der Waals surface area contributed by atoms with E-state index in [-0.39, 0.29) is 24.0 Å². The van der Waals surface area contributed by atoms with Crippen molar-refractivity contribution in [1.29, 1.82) is 0 Å². The number of unbranched alkanes of at least 4 members (excludes halogenated alkanes) is 1. The summed E-state index contributed by atoms with van der Waals surface area (Å²) in [7, 11) is 1.98. The fourth-order valence-electron chi connectivity index (χ4n) is 3.43. The molecule has 26 heavy (non-hydrogen) atoms. The molecule has 4 heterocycles. The largest absolute Gasteiger partial charge is 0.356 e. The third kappa shape index (κ3) is 5.53. The zero-order valence-corrected chi connectivity index (χ0v) is 18.6. The topological polar surface area (TPSA) is 73.6 Å². The summed E-state index contributed by atoms with van der Waals surface area (Å²) in [5, 5.41) is 15.3. The molecule has 148 valence electrons. The second-order valence-electron chi connectivity index (χ2n) is 7.04. The van der Waals surface area contributed by atoms with Crippen molar-refractivity contribution in [2.75, 3.05) is 45.8 Å². The molecule has 4 rings (SSSR count). The van der Waals surface area contributed by atoms with Crippen LogP contribution in [0, 0.1) is 6.92 Å². The molecule has 0 radical (unpaired) electrons. The molecule has 0 spiro atoms. The van der Waals surface area contributed by atoms with Crippen LogP contribution >= 0.6 is 24.0 Å². The number of hydrogen-bond donors (Lipinski definition) is 2. The SMILES string of the molecule is CCCCNC(=NCc1nnc(C)n1C)NCC1CN2CCN1CC2.I. The first kappa shape index (κ1) is 21.4. The standard InChI is InChI=1S/C17H32N8.HI/c1-4-5-6-18-17(20-12-16-22-21-14(2)23(16)3)19-11-15-13-24-7-9-25(15)10-8-24;/h15H,4-13H2,1-3H3,(H2,18,19,20);1H. The summed E-state index contributed by atoms with van der Waals surface area (Å²) in [6.45, 7) is 12.6. The Labute approximate surface area is 173 Å². The summed E-state index contributed by atoms with van der Waals surface area (Å²) in [6, 6.07) is 0.581. The van der Waals surface area contributed by atoms with Crippen LogP contribution in [0.4, 0.5) is 0 Å². The van der Waals surface area contributed by atoms with Crippen LogP contribution in [0.15, 0.2) is 4.99 Å². The number of hydrogen-bond acceptors (Lipinski definition) is 5. The maximum absolute atomic E-state index is 4.73. The number of fused-ring (bicyclic) bond motifs is 3. The molecule has 8 nitrogen and oxygen atoms in total. The average Bonchev–Trinajstić information content (AvgIpc) is 2.96. The zero-order valence-electron chi connectivity index (χ0n) is 16.2.